The first-order valence-corrected chi connectivity index (χ1v) is 7.21. The van der Waals surface area contributed by atoms with Crippen LogP contribution in [0, 0.1) is 5.41 Å². The first-order chi connectivity index (χ1) is 10.6. The molecule has 1 N–H and O–H groups in total. The molecule has 126 valence electrons. The summed E-state index contributed by atoms with van der Waals surface area (Å²) in [6, 6.07) is 5.11. The van der Waals surface area contributed by atoms with Crippen molar-refractivity contribution in [2.24, 2.45) is 12.5 Å². The Morgan fingerprint density at radius 3 is 2.43 bits per heavy atom. The smallest absolute Gasteiger partial charge is 0.302 e. The van der Waals surface area contributed by atoms with E-state index in [0.29, 0.717) is 17.9 Å². The Bertz CT molecular complexity index is 658. The van der Waals surface area contributed by atoms with Crippen molar-refractivity contribution in [3.05, 3.63) is 41.2 Å². The minimum Gasteiger partial charge on any atom is -0.302 e. The van der Waals surface area contributed by atoms with E-state index in [1.807, 2.05) is 20.8 Å². The average Bonchev–Trinajstić information content (AvgIpc) is 2.82. The lowest BCUT2D eigenvalue weighted by atomic mass is 9.82. The summed E-state index contributed by atoms with van der Waals surface area (Å²) in [6.07, 6.45) is -4.36. The van der Waals surface area contributed by atoms with Gasteiger partial charge in [0.05, 0.1) is 19.2 Å². The third kappa shape index (κ3) is 4.51. The van der Waals surface area contributed by atoms with Crippen molar-refractivity contribution in [1.29, 1.82) is 0 Å². The van der Waals surface area contributed by atoms with Crippen molar-refractivity contribution < 1.29 is 13.2 Å². The van der Waals surface area contributed by atoms with Crippen LogP contribution in [0.4, 0.5) is 13.2 Å². The van der Waals surface area contributed by atoms with Gasteiger partial charge >= 0.3 is 6.18 Å². The summed E-state index contributed by atoms with van der Waals surface area (Å²) in [5, 5.41) is 14.9. The predicted octanol–water partition coefficient (Wildman–Crippen LogP) is 3.11. The van der Waals surface area contributed by atoms with Crippen LogP contribution in [0.25, 0.3) is 0 Å². The molecule has 0 bridgehead atoms. The second-order valence-corrected chi connectivity index (χ2v) is 6.50. The van der Waals surface area contributed by atoms with Crippen molar-refractivity contribution in [3.8, 4) is 0 Å². The number of aryl methyl sites for hydroxylation is 1. The van der Waals surface area contributed by atoms with Gasteiger partial charge in [-0.1, -0.05) is 32.9 Å². The molecule has 1 atom stereocenters. The van der Waals surface area contributed by atoms with Crippen LogP contribution in [0.3, 0.4) is 0 Å². The molecule has 0 aliphatic heterocycles. The fourth-order valence-electron chi connectivity index (χ4n) is 2.41. The summed E-state index contributed by atoms with van der Waals surface area (Å²) >= 11 is 0. The molecule has 0 saturated carbocycles. The summed E-state index contributed by atoms with van der Waals surface area (Å²) in [4.78, 5) is 1.34. The van der Waals surface area contributed by atoms with Crippen molar-refractivity contribution >= 4 is 0 Å². The summed E-state index contributed by atoms with van der Waals surface area (Å²) in [6.45, 7) is 6.23. The normalized spacial score (nSPS) is 14.0. The van der Waals surface area contributed by atoms with Gasteiger partial charge in [0.15, 0.2) is 5.82 Å². The van der Waals surface area contributed by atoms with Crippen LogP contribution < -0.4 is 5.32 Å². The standard InChI is InChI=1S/C15H20F3N5/c1-14(2,3)13(19-9-12-20-22-23(4)21-12)10-6-5-7-11(8-10)15(16,17)18/h5-8,13,19H,9H2,1-4H3/t13-/m1/s1. The number of tetrazole rings is 1. The maximum Gasteiger partial charge on any atom is 0.416 e. The number of alkyl halides is 3. The summed E-state index contributed by atoms with van der Waals surface area (Å²) in [5.74, 6) is 0.494. The molecular formula is C15H20F3N5. The van der Waals surface area contributed by atoms with Gasteiger partial charge in [0, 0.05) is 6.04 Å². The molecule has 1 heterocycles. The molecule has 0 aliphatic rings. The molecule has 0 saturated heterocycles. The minimum absolute atomic E-state index is 0.284. The fourth-order valence-corrected chi connectivity index (χ4v) is 2.41. The van der Waals surface area contributed by atoms with E-state index < -0.39 is 11.7 Å². The van der Waals surface area contributed by atoms with E-state index in [2.05, 4.69) is 20.7 Å². The van der Waals surface area contributed by atoms with Gasteiger partial charge in [-0.25, -0.2) is 0 Å². The van der Waals surface area contributed by atoms with E-state index in [9.17, 15) is 13.2 Å². The molecule has 0 fully saturated rings. The number of hydrogen-bond acceptors (Lipinski definition) is 4. The molecule has 0 aliphatic carbocycles. The number of aromatic nitrogens is 4. The molecule has 1 aromatic heterocycles. The summed E-state index contributed by atoms with van der Waals surface area (Å²) in [7, 11) is 1.66. The number of benzene rings is 1. The molecule has 1 aromatic carbocycles. The van der Waals surface area contributed by atoms with Crippen molar-refractivity contribution in [2.75, 3.05) is 0 Å². The van der Waals surface area contributed by atoms with Crippen LogP contribution in [0.1, 0.15) is 43.8 Å². The van der Waals surface area contributed by atoms with Gasteiger partial charge in [-0.3, -0.25) is 0 Å². The Balaban J connectivity index is 2.25. The van der Waals surface area contributed by atoms with E-state index in [4.69, 9.17) is 0 Å². The van der Waals surface area contributed by atoms with Crippen LogP contribution >= 0.6 is 0 Å². The van der Waals surface area contributed by atoms with Gasteiger partial charge in [-0.2, -0.15) is 18.0 Å². The molecular weight excluding hydrogens is 307 g/mol. The molecule has 5 nitrogen and oxygen atoms in total. The third-order valence-electron chi connectivity index (χ3n) is 3.43. The number of hydrogen-bond donors (Lipinski definition) is 1. The SMILES string of the molecule is Cn1nnc(CN[C@H](c2cccc(C(F)(F)F)c2)C(C)(C)C)n1. The van der Waals surface area contributed by atoms with E-state index >= 15 is 0 Å². The van der Waals surface area contributed by atoms with Crippen molar-refractivity contribution in [2.45, 2.75) is 39.5 Å². The maximum atomic E-state index is 12.9. The number of nitrogens with zero attached hydrogens (tertiary/aromatic N) is 4. The van der Waals surface area contributed by atoms with Gasteiger partial charge in [0.1, 0.15) is 0 Å². The maximum absolute atomic E-state index is 12.9. The molecule has 0 radical (unpaired) electrons. The second-order valence-electron chi connectivity index (χ2n) is 6.50. The van der Waals surface area contributed by atoms with E-state index in [0.717, 1.165) is 6.07 Å². The highest BCUT2D eigenvalue weighted by molar-refractivity contribution is 5.29. The predicted molar refractivity (Wildman–Crippen MR) is 79.3 cm³/mol. The number of nitrogens with one attached hydrogen (secondary N) is 1. The van der Waals surface area contributed by atoms with Crippen LogP contribution in [0.15, 0.2) is 24.3 Å². The zero-order valence-electron chi connectivity index (χ0n) is 13.5. The van der Waals surface area contributed by atoms with E-state index in [-0.39, 0.29) is 11.5 Å². The zero-order valence-corrected chi connectivity index (χ0v) is 13.5. The van der Waals surface area contributed by atoms with Crippen LogP contribution in [-0.4, -0.2) is 20.2 Å². The van der Waals surface area contributed by atoms with Crippen LogP contribution in [0.5, 0.6) is 0 Å². The monoisotopic (exact) mass is 327 g/mol. The van der Waals surface area contributed by atoms with E-state index in [1.165, 1.54) is 16.9 Å². The minimum atomic E-state index is -4.36. The molecule has 2 rings (SSSR count). The fraction of sp³-hybridized carbons (Fsp3) is 0.533. The first-order valence-electron chi connectivity index (χ1n) is 7.21. The number of rotatable bonds is 4. The highest BCUT2D eigenvalue weighted by atomic mass is 19.4. The van der Waals surface area contributed by atoms with Crippen LogP contribution in [-0.2, 0) is 19.8 Å². The lowest BCUT2D eigenvalue weighted by molar-refractivity contribution is -0.137. The topological polar surface area (TPSA) is 55.6 Å². The van der Waals surface area contributed by atoms with Gasteiger partial charge in [0.2, 0.25) is 0 Å². The lowest BCUT2D eigenvalue weighted by Gasteiger charge is -2.32. The van der Waals surface area contributed by atoms with E-state index in [1.54, 1.807) is 13.1 Å². The Morgan fingerprint density at radius 1 is 1.22 bits per heavy atom. The highest BCUT2D eigenvalue weighted by Crippen LogP contribution is 2.36. The quantitative estimate of drug-likeness (QED) is 0.937. The lowest BCUT2D eigenvalue weighted by Crippen LogP contribution is -2.32. The number of halogens is 3. The summed E-state index contributed by atoms with van der Waals surface area (Å²) in [5.41, 5.74) is -0.355. The first kappa shape index (κ1) is 17.4. The third-order valence-corrected chi connectivity index (χ3v) is 3.43. The zero-order chi connectivity index (χ0) is 17.3. The van der Waals surface area contributed by atoms with Gasteiger partial charge in [0.25, 0.3) is 0 Å². The molecule has 0 unspecified atom stereocenters. The average molecular weight is 327 g/mol. The summed E-state index contributed by atoms with van der Waals surface area (Å²) < 4.78 is 38.8. The molecule has 0 amide bonds. The largest absolute Gasteiger partial charge is 0.416 e. The Labute approximate surface area is 132 Å². The molecule has 23 heavy (non-hydrogen) atoms. The Morgan fingerprint density at radius 2 is 1.91 bits per heavy atom. The Hall–Kier alpha value is -1.96. The van der Waals surface area contributed by atoms with Crippen molar-refractivity contribution in [1.82, 2.24) is 25.5 Å². The van der Waals surface area contributed by atoms with Crippen LogP contribution in [0.2, 0.25) is 0 Å². The molecule has 8 heteroatoms. The second kappa shape index (κ2) is 6.27. The Kier molecular flexibility index (Phi) is 4.74. The van der Waals surface area contributed by atoms with Gasteiger partial charge < -0.3 is 5.32 Å². The molecule has 0 spiro atoms. The molecule has 2 aromatic rings. The highest BCUT2D eigenvalue weighted by Gasteiger charge is 2.33. The van der Waals surface area contributed by atoms with Gasteiger partial charge in [-0.05, 0) is 28.3 Å². The van der Waals surface area contributed by atoms with Gasteiger partial charge in [-0.15, -0.1) is 10.2 Å². The van der Waals surface area contributed by atoms with Crippen molar-refractivity contribution in [3.63, 3.8) is 0 Å².